The van der Waals surface area contributed by atoms with Crippen LogP contribution in [0.5, 0.6) is 5.75 Å². The Kier molecular flexibility index (Phi) is 7.86. The lowest BCUT2D eigenvalue weighted by molar-refractivity contribution is 0.415. The van der Waals surface area contributed by atoms with Gasteiger partial charge in [-0.2, -0.15) is 0 Å². The third kappa shape index (κ3) is 5.10. The first-order valence-electron chi connectivity index (χ1n) is 8.15. The minimum atomic E-state index is 0. The van der Waals surface area contributed by atoms with Crippen LogP contribution in [0.2, 0.25) is 0 Å². The van der Waals surface area contributed by atoms with Crippen molar-refractivity contribution in [1.82, 2.24) is 0 Å². The molecule has 0 N–H and O–H groups in total. The van der Waals surface area contributed by atoms with E-state index in [9.17, 15) is 0 Å². The van der Waals surface area contributed by atoms with E-state index in [4.69, 9.17) is 4.74 Å². The van der Waals surface area contributed by atoms with Crippen molar-refractivity contribution < 1.29 is 4.74 Å². The van der Waals surface area contributed by atoms with Crippen LogP contribution in [0.4, 0.5) is 0 Å². The van der Waals surface area contributed by atoms with Crippen LogP contribution in [-0.2, 0) is 0 Å². The zero-order chi connectivity index (χ0) is 16.9. The molecule has 4 aromatic rings. The van der Waals surface area contributed by atoms with Gasteiger partial charge < -0.3 is 4.74 Å². The van der Waals surface area contributed by atoms with Gasteiger partial charge in [0, 0.05) is 0 Å². The van der Waals surface area contributed by atoms with Crippen LogP contribution >= 0.6 is 0 Å². The van der Waals surface area contributed by atoms with E-state index in [1.54, 1.807) is 7.11 Å². The number of ether oxygens (including phenoxy) is 1. The Morgan fingerprint density at radius 3 is 1.62 bits per heavy atom. The number of aryl methyl sites for hydroxylation is 2. The van der Waals surface area contributed by atoms with Crippen molar-refractivity contribution in [2.75, 3.05) is 7.11 Å². The van der Waals surface area contributed by atoms with Crippen molar-refractivity contribution >= 4 is 21.5 Å². The highest BCUT2D eigenvalue weighted by Crippen LogP contribution is 2.21. The molecule has 0 spiro atoms. The fourth-order valence-electron chi connectivity index (χ4n) is 2.78. The van der Waals surface area contributed by atoms with E-state index in [0.717, 1.165) is 5.75 Å². The predicted molar refractivity (Wildman–Crippen MR) is 117 cm³/mol. The number of methoxy groups -OCH3 is 1. The van der Waals surface area contributed by atoms with Gasteiger partial charge in [-0.05, 0) is 47.5 Å². The molecule has 0 aromatic heterocycles. The van der Waals surface area contributed by atoms with Crippen molar-refractivity contribution in [3.8, 4) is 5.75 Å². The van der Waals surface area contributed by atoms with Crippen LogP contribution in [0.15, 0.2) is 78.9 Å². The number of hydrogen-bond acceptors (Lipinski definition) is 1. The quantitative estimate of drug-likeness (QED) is 0.345. The molecule has 26 heavy (non-hydrogen) atoms. The number of benzene rings is 4. The van der Waals surface area contributed by atoms with Crippen molar-refractivity contribution in [1.29, 1.82) is 0 Å². The summed E-state index contributed by atoms with van der Waals surface area (Å²) >= 11 is 0. The summed E-state index contributed by atoms with van der Waals surface area (Å²) < 4.78 is 5.15. The summed E-state index contributed by atoms with van der Waals surface area (Å²) in [4.78, 5) is 0. The summed E-state index contributed by atoms with van der Waals surface area (Å²) in [7, 11) is 1.69. The van der Waals surface area contributed by atoms with Gasteiger partial charge in [0.1, 0.15) is 5.75 Å². The van der Waals surface area contributed by atoms with Gasteiger partial charge in [-0.1, -0.05) is 92.7 Å². The highest BCUT2D eigenvalue weighted by molar-refractivity contribution is 5.84. The molecule has 0 radical (unpaired) electrons. The Morgan fingerprint density at radius 1 is 0.538 bits per heavy atom. The van der Waals surface area contributed by atoms with E-state index in [-0.39, 0.29) is 14.9 Å². The van der Waals surface area contributed by atoms with Crippen LogP contribution in [0.25, 0.3) is 21.5 Å². The van der Waals surface area contributed by atoms with Crippen LogP contribution in [0.1, 0.15) is 26.0 Å². The smallest absolute Gasteiger partial charge is 0.119 e. The molecule has 4 aromatic carbocycles. The molecule has 0 unspecified atom stereocenters. The maximum Gasteiger partial charge on any atom is 0.119 e. The maximum absolute atomic E-state index is 5.15. The lowest BCUT2D eigenvalue weighted by Crippen LogP contribution is -1.82. The molecule has 0 heterocycles. The summed E-state index contributed by atoms with van der Waals surface area (Å²) in [6.07, 6.45) is 0. The first-order valence-corrected chi connectivity index (χ1v) is 8.15. The fourth-order valence-corrected chi connectivity index (χ4v) is 2.78. The summed E-state index contributed by atoms with van der Waals surface area (Å²) in [5.41, 5.74) is 2.61. The van der Waals surface area contributed by atoms with Gasteiger partial charge in [0.05, 0.1) is 7.11 Å². The average Bonchev–Trinajstić information content (AvgIpc) is 2.61. The first kappa shape index (κ1) is 21.2. The van der Waals surface area contributed by atoms with Gasteiger partial charge in [0.2, 0.25) is 0 Å². The SMILES string of the molecule is C.C.COc1ccc2cc(C)ccc2c1.Cc1ccc2ccccc2c1. The van der Waals surface area contributed by atoms with Crippen molar-refractivity contribution in [3.63, 3.8) is 0 Å². The molecule has 0 saturated carbocycles. The molecule has 4 rings (SSSR count). The zero-order valence-corrected chi connectivity index (χ0v) is 14.4. The lowest BCUT2D eigenvalue weighted by atomic mass is 10.1. The number of fused-ring (bicyclic) bond motifs is 2. The summed E-state index contributed by atoms with van der Waals surface area (Å²) in [5, 5.41) is 5.14. The molecular weight excluding hydrogens is 316 g/mol. The van der Waals surface area contributed by atoms with Crippen molar-refractivity contribution in [2.45, 2.75) is 28.7 Å². The monoisotopic (exact) mass is 346 g/mol. The Balaban J connectivity index is 0.000000244. The van der Waals surface area contributed by atoms with Crippen LogP contribution in [-0.4, -0.2) is 7.11 Å². The number of rotatable bonds is 1. The van der Waals surface area contributed by atoms with E-state index >= 15 is 0 Å². The minimum Gasteiger partial charge on any atom is -0.497 e. The topological polar surface area (TPSA) is 9.23 Å². The second-order valence-corrected chi connectivity index (χ2v) is 6.07. The Labute approximate surface area is 158 Å². The molecule has 0 bridgehead atoms. The maximum atomic E-state index is 5.15. The molecule has 136 valence electrons. The zero-order valence-electron chi connectivity index (χ0n) is 14.4. The molecule has 0 amide bonds. The van der Waals surface area contributed by atoms with E-state index in [0.29, 0.717) is 0 Å². The average molecular weight is 347 g/mol. The minimum absolute atomic E-state index is 0. The predicted octanol–water partition coefficient (Wildman–Crippen LogP) is 7.58. The van der Waals surface area contributed by atoms with E-state index < -0.39 is 0 Å². The number of hydrogen-bond donors (Lipinski definition) is 0. The van der Waals surface area contributed by atoms with Crippen LogP contribution in [0, 0.1) is 13.8 Å². The first-order chi connectivity index (χ1) is 11.7. The fraction of sp³-hybridized carbons (Fsp3) is 0.200. The Morgan fingerprint density at radius 2 is 1.00 bits per heavy atom. The summed E-state index contributed by atoms with van der Waals surface area (Å²) in [5.74, 6) is 0.913. The van der Waals surface area contributed by atoms with Gasteiger partial charge in [0.25, 0.3) is 0 Å². The Bertz CT molecular complexity index is 970. The van der Waals surface area contributed by atoms with Gasteiger partial charge in [-0.3, -0.25) is 0 Å². The van der Waals surface area contributed by atoms with Crippen LogP contribution in [0.3, 0.4) is 0 Å². The normalized spacial score (nSPS) is 9.50. The molecule has 0 atom stereocenters. The van der Waals surface area contributed by atoms with Gasteiger partial charge in [-0.25, -0.2) is 0 Å². The highest BCUT2D eigenvalue weighted by Gasteiger charge is 1.95. The second-order valence-electron chi connectivity index (χ2n) is 6.07. The third-order valence-corrected chi connectivity index (χ3v) is 4.11. The largest absolute Gasteiger partial charge is 0.497 e. The summed E-state index contributed by atoms with van der Waals surface area (Å²) in [6.45, 7) is 4.22. The van der Waals surface area contributed by atoms with Gasteiger partial charge >= 0.3 is 0 Å². The van der Waals surface area contributed by atoms with Crippen LogP contribution < -0.4 is 4.74 Å². The van der Waals surface area contributed by atoms with E-state index in [2.05, 4.69) is 86.6 Å². The lowest BCUT2D eigenvalue weighted by Gasteiger charge is -2.02. The molecule has 1 heteroatoms. The van der Waals surface area contributed by atoms with Gasteiger partial charge in [-0.15, -0.1) is 0 Å². The van der Waals surface area contributed by atoms with E-state index in [1.807, 2.05) is 6.07 Å². The summed E-state index contributed by atoms with van der Waals surface area (Å²) in [6, 6.07) is 27.4. The molecule has 1 nitrogen and oxygen atoms in total. The molecule has 0 fully saturated rings. The second kappa shape index (κ2) is 9.62. The van der Waals surface area contributed by atoms with Crippen molar-refractivity contribution in [2.24, 2.45) is 0 Å². The Hall–Kier alpha value is -2.80. The van der Waals surface area contributed by atoms with Gasteiger partial charge in [0.15, 0.2) is 0 Å². The molecule has 0 aliphatic rings. The highest BCUT2D eigenvalue weighted by atomic mass is 16.5. The third-order valence-electron chi connectivity index (χ3n) is 4.11. The molecule has 0 aliphatic carbocycles. The molecule has 0 aliphatic heterocycles. The standard InChI is InChI=1S/C12H12O.C11H10.2CH4/c1-9-3-4-11-8-12(13-2)6-5-10(11)7-9;1-9-6-7-10-4-2-3-5-11(10)8-9;;/h3-8H,1-2H3;2-8H,1H3;2*1H4. The molecular formula is C25H30O. The van der Waals surface area contributed by atoms with Crippen molar-refractivity contribution in [3.05, 3.63) is 90.0 Å². The van der Waals surface area contributed by atoms with E-state index in [1.165, 1.54) is 32.7 Å². The molecule has 0 saturated heterocycles.